The minimum absolute atomic E-state index is 0.0254. The van der Waals surface area contributed by atoms with Crippen molar-refractivity contribution in [3.05, 3.63) is 94.4 Å². The van der Waals surface area contributed by atoms with E-state index >= 15 is 0 Å². The maximum absolute atomic E-state index is 14.2. The molecule has 3 aliphatic heterocycles. The molecule has 8 heteroatoms. The molecule has 0 spiro atoms. The van der Waals surface area contributed by atoms with Gasteiger partial charge in [-0.2, -0.15) is 0 Å². The van der Waals surface area contributed by atoms with Crippen LogP contribution in [0, 0.1) is 16.5 Å². The highest BCUT2D eigenvalue weighted by molar-refractivity contribution is 6.01. The Kier molecular flexibility index (Phi) is 6.20. The van der Waals surface area contributed by atoms with Gasteiger partial charge in [-0.05, 0) is 79.9 Å². The molecule has 0 aliphatic carbocycles. The molecule has 0 radical (unpaired) electrons. The van der Waals surface area contributed by atoms with Crippen LogP contribution >= 0.6 is 0 Å². The highest BCUT2D eigenvalue weighted by Crippen LogP contribution is 2.48. The molecule has 3 aromatic carbocycles. The molecule has 3 aromatic rings. The van der Waals surface area contributed by atoms with Crippen LogP contribution in [0.3, 0.4) is 0 Å². The van der Waals surface area contributed by atoms with Crippen LogP contribution in [0.15, 0.2) is 66.7 Å². The predicted molar refractivity (Wildman–Crippen MR) is 137 cm³/mol. The number of carbonyl (C=O) groups is 1. The monoisotopic (exact) mass is 503 g/mol. The molecule has 0 amide bonds. The molecule has 6 rings (SSSR count). The van der Waals surface area contributed by atoms with E-state index < -0.39 is 0 Å². The molecular formula is C29H29F2N4O2+. The Balaban J connectivity index is 1.09. The first-order chi connectivity index (χ1) is 18.0. The molecule has 6 nitrogen and oxygen atoms in total. The molecule has 1 fully saturated rings. The van der Waals surface area contributed by atoms with Gasteiger partial charge in [0.25, 0.3) is 0 Å². The number of para-hydroxylation sites is 1. The molecule has 0 unspecified atom stereocenters. The number of fused-ring (bicyclic) bond motifs is 4. The number of halogens is 2. The first kappa shape index (κ1) is 23.7. The van der Waals surface area contributed by atoms with Gasteiger partial charge in [0.15, 0.2) is 10.7 Å². The first-order valence-electron chi connectivity index (χ1n) is 12.9. The van der Waals surface area contributed by atoms with E-state index in [9.17, 15) is 18.5 Å². The van der Waals surface area contributed by atoms with Gasteiger partial charge >= 0.3 is 5.69 Å². The van der Waals surface area contributed by atoms with Crippen molar-refractivity contribution in [2.75, 3.05) is 37.6 Å². The number of carbonyl (C=O) groups excluding carboxylic acids is 1. The van der Waals surface area contributed by atoms with Crippen LogP contribution in [-0.2, 0) is 0 Å². The van der Waals surface area contributed by atoms with Gasteiger partial charge in [0, 0.05) is 42.5 Å². The highest BCUT2D eigenvalue weighted by atomic mass is 19.1. The molecule has 3 aliphatic rings. The summed E-state index contributed by atoms with van der Waals surface area (Å²) in [5.74, 6) is -0.372. The van der Waals surface area contributed by atoms with Crippen molar-refractivity contribution in [1.82, 2.24) is 9.91 Å². The maximum atomic E-state index is 14.2. The number of hydrazine groups is 1. The number of hydrogen-bond acceptors (Lipinski definition) is 4. The molecule has 0 N–H and O–H groups in total. The summed E-state index contributed by atoms with van der Waals surface area (Å²) in [6.45, 7) is 3.24. The summed E-state index contributed by atoms with van der Waals surface area (Å²) in [6, 6.07) is 18.6. The zero-order chi connectivity index (χ0) is 25.5. The third-order valence-corrected chi connectivity index (χ3v) is 7.88. The van der Waals surface area contributed by atoms with Crippen LogP contribution in [0.5, 0.6) is 0 Å². The van der Waals surface area contributed by atoms with Crippen molar-refractivity contribution < 1.29 is 18.4 Å². The lowest BCUT2D eigenvalue weighted by Gasteiger charge is -2.39. The van der Waals surface area contributed by atoms with E-state index in [4.69, 9.17) is 0 Å². The number of benzene rings is 3. The summed E-state index contributed by atoms with van der Waals surface area (Å²) in [6.07, 6.45) is 2.62. The quantitative estimate of drug-likeness (QED) is 0.325. The van der Waals surface area contributed by atoms with Gasteiger partial charge in [0.1, 0.15) is 18.2 Å². The third kappa shape index (κ3) is 4.39. The minimum atomic E-state index is -0.271. The van der Waals surface area contributed by atoms with E-state index in [1.165, 1.54) is 18.2 Å². The average Bonchev–Trinajstić information content (AvgIpc) is 3.22. The first-order valence-corrected chi connectivity index (χ1v) is 12.9. The van der Waals surface area contributed by atoms with Crippen LogP contribution in [0.2, 0.25) is 0 Å². The van der Waals surface area contributed by atoms with Crippen LogP contribution < -0.4 is 4.90 Å². The normalized spacial score (nSPS) is 21.1. The van der Waals surface area contributed by atoms with Gasteiger partial charge in [-0.1, -0.05) is 12.1 Å². The number of piperidine rings is 1. The summed E-state index contributed by atoms with van der Waals surface area (Å²) < 4.78 is 27.8. The molecule has 37 heavy (non-hydrogen) atoms. The van der Waals surface area contributed by atoms with Gasteiger partial charge in [0.05, 0.1) is 17.0 Å². The maximum Gasteiger partial charge on any atom is 0.302 e. The van der Waals surface area contributed by atoms with Gasteiger partial charge in [-0.25, -0.2) is 8.78 Å². The second-order valence-electron chi connectivity index (χ2n) is 10.1. The van der Waals surface area contributed by atoms with E-state index in [0.717, 1.165) is 60.7 Å². The van der Waals surface area contributed by atoms with E-state index in [-0.39, 0.29) is 35.9 Å². The molecule has 2 atom stereocenters. The smallest absolute Gasteiger partial charge is 0.302 e. The Bertz CT molecular complexity index is 1350. The van der Waals surface area contributed by atoms with Crippen molar-refractivity contribution in [3.63, 3.8) is 0 Å². The SMILES string of the molecule is O=C1CN(CCCCN2CC[C@@H]3[C@@H](C2)c2cc(F)ccc2N3c2ccc(F)cc2)[N+](=O)c2ccccc21. The number of hydrogen-bond donors (Lipinski definition) is 0. The predicted octanol–water partition coefficient (Wildman–Crippen LogP) is 5.58. The summed E-state index contributed by atoms with van der Waals surface area (Å²) >= 11 is 0. The number of anilines is 2. The molecule has 0 aromatic heterocycles. The summed E-state index contributed by atoms with van der Waals surface area (Å²) in [7, 11) is 0. The van der Waals surface area contributed by atoms with Crippen LogP contribution in [0.25, 0.3) is 0 Å². The number of rotatable bonds is 6. The van der Waals surface area contributed by atoms with Crippen LogP contribution in [0.4, 0.5) is 25.8 Å². The van der Waals surface area contributed by atoms with E-state index in [2.05, 4.69) is 9.80 Å². The lowest BCUT2D eigenvalue weighted by molar-refractivity contribution is -0.641. The zero-order valence-electron chi connectivity index (χ0n) is 20.5. The average molecular weight is 504 g/mol. The lowest BCUT2D eigenvalue weighted by atomic mass is 9.89. The number of nitroso groups, excluding NO2 is 1. The number of nitrogens with zero attached hydrogens (tertiary/aromatic N) is 4. The van der Waals surface area contributed by atoms with Crippen molar-refractivity contribution >= 4 is 22.8 Å². The second kappa shape index (κ2) is 9.67. The number of Topliss-reactive ketones (excluding diaryl/α,β-unsaturated/α-hetero) is 1. The molecule has 0 saturated carbocycles. The van der Waals surface area contributed by atoms with Crippen LogP contribution in [0.1, 0.15) is 41.1 Å². The fraction of sp³-hybridized carbons (Fsp3) is 0.345. The topological polar surface area (TPSA) is 46.9 Å². The van der Waals surface area contributed by atoms with Gasteiger partial charge in [0.2, 0.25) is 0 Å². The number of unbranched alkanes of at least 4 members (excludes halogenated alkanes) is 1. The molecule has 0 bridgehead atoms. The van der Waals surface area contributed by atoms with Crippen LogP contribution in [-0.4, -0.2) is 59.3 Å². The van der Waals surface area contributed by atoms with Gasteiger partial charge in [-0.15, -0.1) is 5.01 Å². The Morgan fingerprint density at radius 2 is 1.68 bits per heavy atom. The van der Waals surface area contributed by atoms with Gasteiger partial charge in [-0.3, -0.25) is 4.79 Å². The van der Waals surface area contributed by atoms with Crippen molar-refractivity contribution in [1.29, 1.82) is 0 Å². The Hall–Kier alpha value is -3.65. The zero-order valence-corrected chi connectivity index (χ0v) is 20.5. The van der Waals surface area contributed by atoms with Gasteiger partial charge < -0.3 is 9.80 Å². The minimum Gasteiger partial charge on any atom is -0.337 e. The third-order valence-electron chi connectivity index (χ3n) is 7.88. The second-order valence-corrected chi connectivity index (χ2v) is 10.1. The van der Waals surface area contributed by atoms with Crippen molar-refractivity contribution in [2.24, 2.45) is 0 Å². The van der Waals surface area contributed by atoms with E-state index in [1.807, 2.05) is 6.07 Å². The summed E-state index contributed by atoms with van der Waals surface area (Å²) in [5.41, 5.74) is 3.83. The fourth-order valence-electron chi connectivity index (χ4n) is 6.12. The molecule has 190 valence electrons. The Morgan fingerprint density at radius 3 is 2.51 bits per heavy atom. The standard InChI is InChI=1S/C29H29F2N4O2/c30-20-7-10-22(11-8-20)34-26-12-9-21(31)17-24(26)25-18-32(16-13-27(25)34)14-3-4-15-33-19-29(36)23-5-1-2-6-28(23)35(33)37/h1-2,5-12,17,25,27H,3-4,13-16,18-19H2/q+1/t25-,27+/m0/s1. The van der Waals surface area contributed by atoms with E-state index in [1.54, 1.807) is 47.5 Å². The number of likely N-dealkylation sites (tertiary alicyclic amines) is 1. The largest absolute Gasteiger partial charge is 0.337 e. The van der Waals surface area contributed by atoms with E-state index in [0.29, 0.717) is 17.8 Å². The summed E-state index contributed by atoms with van der Waals surface area (Å²) in [4.78, 5) is 30.7. The molecular weight excluding hydrogens is 474 g/mol. The highest BCUT2D eigenvalue weighted by Gasteiger charge is 2.43. The Morgan fingerprint density at radius 1 is 0.919 bits per heavy atom. The summed E-state index contributed by atoms with van der Waals surface area (Å²) in [5, 5.41) is 1.58. The molecule has 3 heterocycles. The Labute approximate surface area is 214 Å². The van der Waals surface area contributed by atoms with Crippen molar-refractivity contribution in [3.8, 4) is 0 Å². The lowest BCUT2D eigenvalue weighted by Crippen LogP contribution is -2.45. The fourth-order valence-corrected chi connectivity index (χ4v) is 6.12. The van der Waals surface area contributed by atoms with Crippen molar-refractivity contribution in [2.45, 2.75) is 31.2 Å². The molecule has 1 saturated heterocycles. The number of ketones is 1.